The number of esters is 1. The smallest absolute Gasteiger partial charge is 0.303 e. The van der Waals surface area contributed by atoms with Crippen LogP contribution in [0.3, 0.4) is 0 Å². The molecule has 3 atom stereocenters. The van der Waals surface area contributed by atoms with Gasteiger partial charge in [0.25, 0.3) is 6.48 Å². The Balaban J connectivity index is 2.30. The van der Waals surface area contributed by atoms with Crippen LogP contribution >= 0.6 is 0 Å². The zero-order valence-electron chi connectivity index (χ0n) is 9.84. The average molecular weight is 230 g/mol. The van der Waals surface area contributed by atoms with Gasteiger partial charge in [0, 0.05) is 27.1 Å². The average Bonchev–Trinajstić information content (AvgIpc) is 2.64. The van der Waals surface area contributed by atoms with Crippen molar-refractivity contribution < 1.29 is 23.7 Å². The molecule has 0 radical (unpaired) electrons. The minimum atomic E-state index is -0.671. The van der Waals surface area contributed by atoms with Gasteiger partial charge in [-0.05, 0) is 13.0 Å². The van der Waals surface area contributed by atoms with E-state index in [1.165, 1.54) is 14.0 Å². The molecule has 0 saturated heterocycles. The molecule has 0 aliphatic heterocycles. The Morgan fingerprint density at radius 2 is 2.12 bits per heavy atom. The molecule has 16 heavy (non-hydrogen) atoms. The lowest BCUT2D eigenvalue weighted by molar-refractivity contribution is -0.287. The first-order chi connectivity index (χ1) is 7.65. The van der Waals surface area contributed by atoms with Crippen molar-refractivity contribution in [3.8, 4) is 0 Å². The van der Waals surface area contributed by atoms with Gasteiger partial charge >= 0.3 is 5.97 Å². The van der Waals surface area contributed by atoms with Crippen LogP contribution in [0.4, 0.5) is 0 Å². The number of carbonyl (C=O) groups excluding carboxylic acids is 1. The number of ether oxygens (including phenoxy) is 4. The third kappa shape index (κ3) is 4.30. The van der Waals surface area contributed by atoms with Crippen molar-refractivity contribution in [3.05, 3.63) is 12.2 Å². The molecule has 0 aromatic rings. The van der Waals surface area contributed by atoms with Gasteiger partial charge in [0.05, 0.1) is 6.10 Å². The number of carbonyl (C=O) groups is 1. The maximum Gasteiger partial charge on any atom is 0.303 e. The van der Waals surface area contributed by atoms with Crippen molar-refractivity contribution in [2.45, 2.75) is 39.0 Å². The van der Waals surface area contributed by atoms with E-state index in [2.05, 4.69) is 0 Å². The van der Waals surface area contributed by atoms with Gasteiger partial charge < -0.3 is 18.9 Å². The van der Waals surface area contributed by atoms with Gasteiger partial charge in [0.15, 0.2) is 0 Å². The summed E-state index contributed by atoms with van der Waals surface area (Å²) >= 11 is 0. The second-order valence-corrected chi connectivity index (χ2v) is 3.42. The largest absolute Gasteiger partial charge is 0.458 e. The van der Waals surface area contributed by atoms with E-state index in [4.69, 9.17) is 18.9 Å². The van der Waals surface area contributed by atoms with Crippen LogP contribution in [-0.4, -0.2) is 38.4 Å². The molecule has 0 heterocycles. The summed E-state index contributed by atoms with van der Waals surface area (Å²) in [6.45, 7) is 3.10. The molecular formula is C11H18O5. The third-order valence-electron chi connectivity index (χ3n) is 2.10. The topological polar surface area (TPSA) is 54.0 Å². The molecule has 5 heteroatoms. The lowest BCUT2D eigenvalue weighted by Crippen LogP contribution is -2.26. The maximum atomic E-state index is 10.7. The Bertz CT molecular complexity index is 251. The highest BCUT2D eigenvalue weighted by Crippen LogP contribution is 2.19. The Hall–Kier alpha value is -0.910. The van der Waals surface area contributed by atoms with E-state index < -0.39 is 6.48 Å². The van der Waals surface area contributed by atoms with Crippen LogP contribution < -0.4 is 0 Å². The standard InChI is InChI=1S/C11H18O5/c1-4-14-11(13-3)16-10-6-5-9(7-10)15-8(2)12/h5-6,9-11H,4,7H2,1-3H3/t9-,10+,11?/m0/s1. The monoisotopic (exact) mass is 230 g/mol. The van der Waals surface area contributed by atoms with Crippen LogP contribution in [0.1, 0.15) is 20.3 Å². The van der Waals surface area contributed by atoms with Crippen LogP contribution in [0, 0.1) is 0 Å². The molecule has 1 aliphatic carbocycles. The van der Waals surface area contributed by atoms with E-state index in [-0.39, 0.29) is 18.2 Å². The molecule has 0 fully saturated rings. The van der Waals surface area contributed by atoms with Crippen molar-refractivity contribution >= 4 is 5.97 Å². The van der Waals surface area contributed by atoms with Crippen molar-refractivity contribution in [2.75, 3.05) is 13.7 Å². The number of hydrogen-bond acceptors (Lipinski definition) is 5. The molecule has 0 N–H and O–H groups in total. The molecule has 1 aliphatic rings. The lowest BCUT2D eigenvalue weighted by atomic mass is 10.3. The van der Waals surface area contributed by atoms with Gasteiger partial charge in [-0.3, -0.25) is 4.79 Å². The van der Waals surface area contributed by atoms with Crippen LogP contribution in [0.2, 0.25) is 0 Å². The fourth-order valence-electron chi connectivity index (χ4n) is 1.48. The zero-order chi connectivity index (χ0) is 12.0. The molecule has 1 rings (SSSR count). The van der Waals surface area contributed by atoms with E-state index in [0.29, 0.717) is 13.0 Å². The van der Waals surface area contributed by atoms with Gasteiger partial charge in [-0.1, -0.05) is 6.08 Å². The molecule has 0 amide bonds. The predicted molar refractivity (Wildman–Crippen MR) is 56.6 cm³/mol. The maximum absolute atomic E-state index is 10.7. The summed E-state index contributed by atoms with van der Waals surface area (Å²) in [5, 5.41) is 0. The molecule has 0 saturated carbocycles. The van der Waals surface area contributed by atoms with Crippen molar-refractivity contribution in [3.63, 3.8) is 0 Å². The minimum Gasteiger partial charge on any atom is -0.458 e. The summed E-state index contributed by atoms with van der Waals surface area (Å²) in [6.07, 6.45) is 3.91. The lowest BCUT2D eigenvalue weighted by Gasteiger charge is -2.20. The zero-order valence-corrected chi connectivity index (χ0v) is 9.84. The Kier molecular flexibility index (Phi) is 5.45. The molecule has 0 aromatic carbocycles. The van der Waals surface area contributed by atoms with E-state index in [1.807, 2.05) is 19.1 Å². The second-order valence-electron chi connectivity index (χ2n) is 3.42. The summed E-state index contributed by atoms with van der Waals surface area (Å²) in [5.74, 6) is -0.289. The van der Waals surface area contributed by atoms with Gasteiger partial charge in [-0.25, -0.2) is 0 Å². The molecule has 92 valence electrons. The van der Waals surface area contributed by atoms with Gasteiger partial charge in [-0.15, -0.1) is 0 Å². The first-order valence-corrected chi connectivity index (χ1v) is 5.31. The highest BCUT2D eigenvalue weighted by molar-refractivity contribution is 5.66. The highest BCUT2D eigenvalue weighted by Gasteiger charge is 2.24. The minimum absolute atomic E-state index is 0.138. The summed E-state index contributed by atoms with van der Waals surface area (Å²) in [7, 11) is 1.52. The molecule has 5 nitrogen and oxygen atoms in total. The Morgan fingerprint density at radius 1 is 1.44 bits per heavy atom. The third-order valence-corrected chi connectivity index (χ3v) is 2.10. The fraction of sp³-hybridized carbons (Fsp3) is 0.727. The predicted octanol–water partition coefficient (Wildman–Crippen LogP) is 1.23. The summed E-state index contributed by atoms with van der Waals surface area (Å²) in [5.41, 5.74) is 0. The fourth-order valence-corrected chi connectivity index (χ4v) is 1.48. The van der Waals surface area contributed by atoms with Gasteiger partial charge in [0.1, 0.15) is 6.10 Å². The summed E-state index contributed by atoms with van der Waals surface area (Å²) < 4.78 is 20.7. The van der Waals surface area contributed by atoms with Crippen molar-refractivity contribution in [1.82, 2.24) is 0 Å². The van der Waals surface area contributed by atoms with Crippen LogP contribution in [0.5, 0.6) is 0 Å². The molecule has 0 spiro atoms. The number of methoxy groups -OCH3 is 1. The Labute approximate surface area is 95.3 Å². The van der Waals surface area contributed by atoms with Crippen LogP contribution in [0.15, 0.2) is 12.2 Å². The van der Waals surface area contributed by atoms with Crippen molar-refractivity contribution in [1.29, 1.82) is 0 Å². The summed E-state index contributed by atoms with van der Waals surface area (Å²) in [4.78, 5) is 10.7. The van der Waals surface area contributed by atoms with Crippen LogP contribution in [-0.2, 0) is 23.7 Å². The molecular weight excluding hydrogens is 212 g/mol. The first kappa shape index (κ1) is 13.2. The highest BCUT2D eigenvalue weighted by atomic mass is 16.8. The SMILES string of the molecule is CCOC(OC)O[C@@H]1C=C[C@H](OC(C)=O)C1. The number of rotatable bonds is 6. The normalized spacial score (nSPS) is 25.7. The molecule has 0 bridgehead atoms. The summed E-state index contributed by atoms with van der Waals surface area (Å²) in [6, 6.07) is 0. The second kappa shape index (κ2) is 6.62. The number of hydrogen-bond donors (Lipinski definition) is 0. The van der Waals surface area contributed by atoms with Crippen molar-refractivity contribution in [2.24, 2.45) is 0 Å². The van der Waals surface area contributed by atoms with E-state index >= 15 is 0 Å². The first-order valence-electron chi connectivity index (χ1n) is 5.31. The quantitative estimate of drug-likeness (QED) is 0.390. The van der Waals surface area contributed by atoms with Gasteiger partial charge in [0.2, 0.25) is 0 Å². The Morgan fingerprint density at radius 3 is 2.69 bits per heavy atom. The van der Waals surface area contributed by atoms with E-state index in [1.54, 1.807) is 0 Å². The van der Waals surface area contributed by atoms with Gasteiger partial charge in [-0.2, -0.15) is 0 Å². The molecule has 0 aromatic heterocycles. The van der Waals surface area contributed by atoms with Crippen LogP contribution in [0.25, 0.3) is 0 Å². The molecule has 1 unspecified atom stereocenters. The van der Waals surface area contributed by atoms with E-state index in [0.717, 1.165) is 0 Å². The van der Waals surface area contributed by atoms with E-state index in [9.17, 15) is 4.79 Å².